The first-order valence-electron chi connectivity index (χ1n) is 8.77. The van der Waals surface area contributed by atoms with Gasteiger partial charge in [0.05, 0.1) is 18.1 Å². The molecule has 1 aromatic rings. The molecule has 0 spiro atoms. The van der Waals surface area contributed by atoms with E-state index in [1.165, 1.54) is 11.5 Å². The number of hydrogen-bond acceptors (Lipinski definition) is 4. The summed E-state index contributed by atoms with van der Waals surface area (Å²) in [6.45, 7) is 0.585. The Morgan fingerprint density at radius 1 is 1.30 bits per heavy atom. The standard InChI is InChI=1S/C17H23N4O2/c1-20-8-13(18-10-20)5-14-9-23-16(19-14)17-6-11-2-12(7-17)4-15(3-11)21(17)22/h8,10-12,14-15H,2-7,9H2,1H3/t11-,12-,14-,15?,17?/m0/s1. The summed E-state index contributed by atoms with van der Waals surface area (Å²) in [4.78, 5) is 9.21. The minimum absolute atomic E-state index is 0.0984. The van der Waals surface area contributed by atoms with Crippen molar-refractivity contribution in [2.75, 3.05) is 6.61 Å². The molecule has 4 heterocycles. The number of ether oxygens (including phenoxy) is 1. The van der Waals surface area contributed by atoms with Crippen LogP contribution in [0.3, 0.4) is 0 Å². The van der Waals surface area contributed by atoms with E-state index in [1.54, 1.807) is 0 Å². The highest BCUT2D eigenvalue weighted by atomic mass is 16.5. The molecule has 123 valence electrons. The van der Waals surface area contributed by atoms with E-state index in [9.17, 15) is 5.21 Å². The molecule has 2 saturated heterocycles. The minimum atomic E-state index is -0.451. The van der Waals surface area contributed by atoms with Crippen LogP contribution in [-0.4, -0.2) is 44.7 Å². The summed E-state index contributed by atoms with van der Waals surface area (Å²) < 4.78 is 7.93. The summed E-state index contributed by atoms with van der Waals surface area (Å²) in [6, 6.07) is 0.295. The fourth-order valence-corrected chi connectivity index (χ4v) is 5.48. The molecule has 6 rings (SSSR count). The first-order valence-corrected chi connectivity index (χ1v) is 8.77. The third-order valence-electron chi connectivity index (χ3n) is 6.20. The molecule has 0 amide bonds. The van der Waals surface area contributed by atoms with Crippen LogP contribution in [0.15, 0.2) is 17.5 Å². The number of rotatable bonds is 3. The number of aryl methyl sites for hydroxylation is 1. The van der Waals surface area contributed by atoms with E-state index in [2.05, 4.69) is 4.98 Å². The van der Waals surface area contributed by atoms with Crippen molar-refractivity contribution in [1.82, 2.24) is 14.6 Å². The van der Waals surface area contributed by atoms with Gasteiger partial charge in [0.1, 0.15) is 12.1 Å². The van der Waals surface area contributed by atoms with Gasteiger partial charge < -0.3 is 9.30 Å². The van der Waals surface area contributed by atoms with Crippen molar-refractivity contribution < 1.29 is 9.94 Å². The number of hydroxylamine groups is 2. The number of aliphatic imine (C=N–C) groups is 1. The van der Waals surface area contributed by atoms with E-state index in [-0.39, 0.29) is 12.1 Å². The molecule has 4 bridgehead atoms. The van der Waals surface area contributed by atoms with Crippen LogP contribution in [0.1, 0.15) is 37.8 Å². The second-order valence-corrected chi connectivity index (χ2v) is 7.99. The number of imidazole rings is 1. The second kappa shape index (κ2) is 4.80. The third kappa shape index (κ3) is 2.08. The van der Waals surface area contributed by atoms with E-state index < -0.39 is 5.54 Å². The molecular formula is C17H23N4O2. The lowest BCUT2D eigenvalue weighted by atomic mass is 9.58. The Morgan fingerprint density at radius 2 is 2.09 bits per heavy atom. The topological polar surface area (TPSA) is 62.5 Å². The van der Waals surface area contributed by atoms with Gasteiger partial charge in [0.2, 0.25) is 5.90 Å². The van der Waals surface area contributed by atoms with E-state index in [0.717, 1.165) is 43.7 Å². The largest absolute Gasteiger partial charge is 0.477 e. The van der Waals surface area contributed by atoms with Crippen molar-refractivity contribution >= 4 is 5.90 Å². The Balaban J connectivity index is 1.40. The van der Waals surface area contributed by atoms with Crippen LogP contribution in [-0.2, 0) is 23.4 Å². The Bertz CT molecular complexity index is 641. The first-order chi connectivity index (χ1) is 11.1. The van der Waals surface area contributed by atoms with Crippen LogP contribution in [0.2, 0.25) is 0 Å². The Morgan fingerprint density at radius 3 is 2.78 bits per heavy atom. The van der Waals surface area contributed by atoms with Gasteiger partial charge in [-0.25, -0.2) is 9.98 Å². The number of aromatic nitrogens is 2. The molecule has 5 aliphatic rings. The number of nitrogens with zero attached hydrogens (tertiary/aromatic N) is 4. The van der Waals surface area contributed by atoms with Crippen molar-refractivity contribution in [2.45, 2.75) is 56.1 Å². The van der Waals surface area contributed by atoms with Crippen LogP contribution >= 0.6 is 0 Å². The normalized spacial score (nSPS) is 42.1. The maximum Gasteiger partial charge on any atom is 0.207 e. The maximum absolute atomic E-state index is 12.9. The van der Waals surface area contributed by atoms with E-state index in [1.807, 2.05) is 24.1 Å². The fraction of sp³-hybridized carbons (Fsp3) is 0.765. The van der Waals surface area contributed by atoms with Crippen LogP contribution < -0.4 is 0 Å². The summed E-state index contributed by atoms with van der Waals surface area (Å²) in [6.07, 6.45) is 9.97. The average Bonchev–Trinajstić information content (AvgIpc) is 3.14. The van der Waals surface area contributed by atoms with Gasteiger partial charge in [-0.15, -0.1) is 10.3 Å². The molecule has 1 aromatic heterocycles. The van der Waals surface area contributed by atoms with Crippen LogP contribution in [0, 0.1) is 11.8 Å². The summed E-state index contributed by atoms with van der Waals surface area (Å²) in [5, 5.41) is 14.3. The smallest absolute Gasteiger partial charge is 0.207 e. The summed E-state index contributed by atoms with van der Waals surface area (Å²) in [7, 11) is 1.97. The SMILES string of the molecule is Cn1cnc(C[C@H]2COC(C34C[C@@H]5CC(C[C@H](C5)C3)N4[O])=N2)c1. The lowest BCUT2D eigenvalue weighted by Crippen LogP contribution is -2.67. The van der Waals surface area contributed by atoms with Gasteiger partial charge >= 0.3 is 0 Å². The fourth-order valence-electron chi connectivity index (χ4n) is 5.48. The number of piperidine rings is 2. The Labute approximate surface area is 136 Å². The maximum atomic E-state index is 12.9. The van der Waals surface area contributed by atoms with Gasteiger partial charge in [-0.05, 0) is 43.9 Å². The van der Waals surface area contributed by atoms with Gasteiger partial charge in [0, 0.05) is 25.7 Å². The second-order valence-electron chi connectivity index (χ2n) is 7.99. The monoisotopic (exact) mass is 315 g/mol. The zero-order valence-corrected chi connectivity index (χ0v) is 13.5. The molecule has 4 fully saturated rings. The van der Waals surface area contributed by atoms with Crippen LogP contribution in [0.4, 0.5) is 0 Å². The Hall–Kier alpha value is -1.40. The zero-order chi connectivity index (χ0) is 15.6. The van der Waals surface area contributed by atoms with Gasteiger partial charge in [-0.3, -0.25) is 0 Å². The van der Waals surface area contributed by atoms with Crippen LogP contribution in [0.5, 0.6) is 0 Å². The predicted octanol–water partition coefficient (Wildman–Crippen LogP) is 1.74. The highest BCUT2D eigenvalue weighted by Gasteiger charge is 2.60. The quantitative estimate of drug-likeness (QED) is 0.853. The molecule has 1 radical (unpaired) electrons. The van der Waals surface area contributed by atoms with Crippen molar-refractivity contribution in [3.8, 4) is 0 Å². The molecule has 2 saturated carbocycles. The number of hydrogen-bond donors (Lipinski definition) is 0. The van der Waals surface area contributed by atoms with Crippen molar-refractivity contribution in [3.05, 3.63) is 18.2 Å². The molecule has 6 heteroatoms. The molecule has 6 nitrogen and oxygen atoms in total. The van der Waals surface area contributed by atoms with E-state index in [0.29, 0.717) is 18.4 Å². The Kier molecular flexibility index (Phi) is 2.92. The highest BCUT2D eigenvalue weighted by Crippen LogP contribution is 2.55. The zero-order valence-electron chi connectivity index (χ0n) is 13.5. The lowest BCUT2D eigenvalue weighted by molar-refractivity contribution is -0.294. The molecular weight excluding hydrogens is 292 g/mol. The predicted molar refractivity (Wildman–Crippen MR) is 83.2 cm³/mol. The molecule has 0 unspecified atom stereocenters. The van der Waals surface area contributed by atoms with Crippen LogP contribution in [0.25, 0.3) is 0 Å². The highest BCUT2D eigenvalue weighted by molar-refractivity contribution is 5.88. The van der Waals surface area contributed by atoms with Crippen molar-refractivity contribution in [2.24, 2.45) is 23.9 Å². The van der Waals surface area contributed by atoms with E-state index in [4.69, 9.17) is 9.73 Å². The first kappa shape index (κ1) is 14.0. The average molecular weight is 315 g/mol. The summed E-state index contributed by atoms with van der Waals surface area (Å²) in [5.41, 5.74) is 0.587. The van der Waals surface area contributed by atoms with Crippen molar-refractivity contribution in [1.29, 1.82) is 0 Å². The van der Waals surface area contributed by atoms with E-state index >= 15 is 0 Å². The summed E-state index contributed by atoms with van der Waals surface area (Å²) >= 11 is 0. The minimum Gasteiger partial charge on any atom is -0.477 e. The molecule has 0 aromatic carbocycles. The van der Waals surface area contributed by atoms with Crippen molar-refractivity contribution in [3.63, 3.8) is 0 Å². The molecule has 2 aliphatic carbocycles. The molecule has 23 heavy (non-hydrogen) atoms. The van der Waals surface area contributed by atoms with Gasteiger partial charge in [0.25, 0.3) is 0 Å². The van der Waals surface area contributed by atoms with Gasteiger partial charge in [-0.1, -0.05) is 0 Å². The van der Waals surface area contributed by atoms with Gasteiger partial charge in [-0.2, -0.15) is 0 Å². The third-order valence-corrected chi connectivity index (χ3v) is 6.20. The molecule has 3 atom stereocenters. The van der Waals surface area contributed by atoms with Gasteiger partial charge in [0.15, 0.2) is 0 Å². The summed E-state index contributed by atoms with van der Waals surface area (Å²) in [5.74, 6) is 2.12. The molecule has 0 N–H and O–H groups in total. The lowest BCUT2D eigenvalue weighted by Gasteiger charge is -2.58. The molecule has 3 aliphatic heterocycles.